The predicted molar refractivity (Wildman–Crippen MR) is 66.2 cm³/mol. The van der Waals surface area contributed by atoms with Crippen LogP contribution in [-0.2, 0) is 20.8 Å². The lowest BCUT2D eigenvalue weighted by atomic mass is 10.1. The number of hydrogen-bond acceptors (Lipinski definition) is 5. The Balaban J connectivity index is 2.04. The molecule has 1 unspecified atom stereocenters. The number of aliphatic carboxylic acids is 2. The summed E-state index contributed by atoms with van der Waals surface area (Å²) in [4.78, 5) is 38.5. The van der Waals surface area contributed by atoms with Crippen LogP contribution < -0.4 is 4.90 Å². The van der Waals surface area contributed by atoms with E-state index in [0.29, 0.717) is 17.2 Å². The van der Waals surface area contributed by atoms with Crippen LogP contribution in [-0.4, -0.2) is 39.6 Å². The zero-order valence-corrected chi connectivity index (χ0v) is 10.7. The number of anilines is 1. The molecule has 0 saturated carbocycles. The molecule has 1 amide bonds. The van der Waals surface area contributed by atoms with Gasteiger partial charge in [-0.1, -0.05) is 0 Å². The normalized spacial score (nSPS) is 18.8. The molecular weight excluding hydrogens is 272 g/mol. The van der Waals surface area contributed by atoms with Crippen LogP contribution in [0.2, 0.25) is 0 Å². The Hall–Kier alpha value is -1.96. The number of carbonyl (C=O) groups is 3. The molecule has 0 aromatic carbocycles. The van der Waals surface area contributed by atoms with Gasteiger partial charge >= 0.3 is 11.9 Å². The van der Waals surface area contributed by atoms with Crippen LogP contribution in [0.15, 0.2) is 5.38 Å². The van der Waals surface area contributed by atoms with Crippen LogP contribution in [0, 0.1) is 5.92 Å². The topological polar surface area (TPSA) is 108 Å². The number of carbonyl (C=O) groups excluding carboxylic acids is 1. The van der Waals surface area contributed by atoms with Gasteiger partial charge in [0.25, 0.3) is 0 Å². The second kappa shape index (κ2) is 5.35. The summed E-state index contributed by atoms with van der Waals surface area (Å²) >= 11 is 1.22. The lowest BCUT2D eigenvalue weighted by Crippen LogP contribution is -2.25. The van der Waals surface area contributed by atoms with Crippen molar-refractivity contribution in [2.24, 2.45) is 5.92 Å². The molecule has 1 atom stereocenters. The van der Waals surface area contributed by atoms with Crippen molar-refractivity contribution >= 4 is 34.3 Å². The molecule has 7 nitrogen and oxygen atoms in total. The van der Waals surface area contributed by atoms with Crippen molar-refractivity contribution in [1.29, 1.82) is 0 Å². The van der Waals surface area contributed by atoms with E-state index in [-0.39, 0.29) is 25.3 Å². The molecule has 8 heteroatoms. The molecule has 0 aliphatic carbocycles. The highest BCUT2D eigenvalue weighted by molar-refractivity contribution is 7.14. The summed E-state index contributed by atoms with van der Waals surface area (Å²) in [5.74, 6) is -2.85. The van der Waals surface area contributed by atoms with E-state index in [4.69, 9.17) is 10.2 Å². The Labute approximate surface area is 112 Å². The van der Waals surface area contributed by atoms with Gasteiger partial charge in [0, 0.05) is 24.8 Å². The average Bonchev–Trinajstić information content (AvgIpc) is 2.92. The summed E-state index contributed by atoms with van der Waals surface area (Å²) in [7, 11) is 0. The summed E-state index contributed by atoms with van der Waals surface area (Å²) in [6.07, 6.45) is 0.268. The number of aryl methyl sites for hydroxylation is 1. The molecule has 1 aromatic rings. The maximum Gasteiger partial charge on any atom is 0.308 e. The van der Waals surface area contributed by atoms with Crippen LogP contribution in [0.1, 0.15) is 18.5 Å². The molecule has 0 radical (unpaired) electrons. The minimum absolute atomic E-state index is 0.0145. The third kappa shape index (κ3) is 3.08. The van der Waals surface area contributed by atoms with Gasteiger partial charge in [-0.25, -0.2) is 4.98 Å². The largest absolute Gasteiger partial charge is 0.481 e. The summed E-state index contributed by atoms with van der Waals surface area (Å²) in [6, 6.07) is 0. The Morgan fingerprint density at radius 3 is 2.79 bits per heavy atom. The second-order valence-corrected chi connectivity index (χ2v) is 5.10. The minimum Gasteiger partial charge on any atom is -0.481 e. The van der Waals surface area contributed by atoms with Crippen molar-refractivity contribution in [3.8, 4) is 0 Å². The first-order valence-electron chi connectivity index (χ1n) is 5.66. The number of hydrogen-bond donors (Lipinski definition) is 2. The van der Waals surface area contributed by atoms with Crippen LogP contribution >= 0.6 is 11.3 Å². The smallest absolute Gasteiger partial charge is 0.308 e. The summed E-state index contributed by atoms with van der Waals surface area (Å²) < 4.78 is 0. The van der Waals surface area contributed by atoms with Gasteiger partial charge in [0.1, 0.15) is 0 Å². The summed E-state index contributed by atoms with van der Waals surface area (Å²) in [5, 5.41) is 19.6. The number of thiazole rings is 1. The average molecular weight is 284 g/mol. The van der Waals surface area contributed by atoms with Crippen molar-refractivity contribution in [2.75, 3.05) is 11.4 Å². The number of carboxylic acids is 2. The molecule has 1 aliphatic heterocycles. The van der Waals surface area contributed by atoms with Crippen molar-refractivity contribution in [3.05, 3.63) is 11.1 Å². The third-order valence-corrected chi connectivity index (χ3v) is 3.75. The number of amides is 1. The fourth-order valence-corrected chi connectivity index (χ4v) is 2.71. The molecule has 0 spiro atoms. The molecule has 0 bridgehead atoms. The van der Waals surface area contributed by atoms with Crippen LogP contribution in [0.5, 0.6) is 0 Å². The first-order valence-corrected chi connectivity index (χ1v) is 6.54. The SMILES string of the molecule is O=C(O)CCc1csc(N2CC(C(=O)O)CC2=O)n1. The Morgan fingerprint density at radius 2 is 2.21 bits per heavy atom. The van der Waals surface area contributed by atoms with Crippen molar-refractivity contribution in [2.45, 2.75) is 19.3 Å². The molecule has 19 heavy (non-hydrogen) atoms. The lowest BCUT2D eigenvalue weighted by Gasteiger charge is -2.11. The minimum atomic E-state index is -0.987. The lowest BCUT2D eigenvalue weighted by molar-refractivity contribution is -0.141. The first kappa shape index (κ1) is 13.5. The number of aromatic nitrogens is 1. The van der Waals surface area contributed by atoms with E-state index >= 15 is 0 Å². The van der Waals surface area contributed by atoms with Gasteiger partial charge in [-0.2, -0.15) is 0 Å². The van der Waals surface area contributed by atoms with Gasteiger partial charge in [0.2, 0.25) is 5.91 Å². The number of rotatable bonds is 5. The van der Waals surface area contributed by atoms with Gasteiger partial charge in [0.15, 0.2) is 5.13 Å². The van der Waals surface area contributed by atoms with Gasteiger partial charge in [-0.05, 0) is 0 Å². The van der Waals surface area contributed by atoms with Crippen molar-refractivity contribution < 1.29 is 24.6 Å². The molecular formula is C11H12N2O5S. The highest BCUT2D eigenvalue weighted by Gasteiger charge is 2.36. The fourth-order valence-electron chi connectivity index (χ4n) is 1.83. The van der Waals surface area contributed by atoms with E-state index in [1.807, 2.05) is 0 Å². The third-order valence-electron chi connectivity index (χ3n) is 2.84. The standard InChI is InChI=1S/C11H12N2O5S/c14-8-3-6(10(17)18)4-13(8)11-12-7(5-19-11)1-2-9(15)16/h5-6H,1-4H2,(H,15,16)(H,17,18). The number of carboxylic acid groups (broad SMARTS) is 2. The summed E-state index contributed by atoms with van der Waals surface area (Å²) in [6.45, 7) is 0.125. The maximum absolute atomic E-state index is 11.7. The number of nitrogens with zero attached hydrogens (tertiary/aromatic N) is 2. The van der Waals surface area contributed by atoms with E-state index in [0.717, 1.165) is 0 Å². The van der Waals surface area contributed by atoms with Gasteiger partial charge in [0.05, 0.1) is 18.0 Å². The maximum atomic E-state index is 11.7. The molecule has 1 aromatic heterocycles. The van der Waals surface area contributed by atoms with Gasteiger partial charge in [-0.3, -0.25) is 19.3 Å². The second-order valence-electron chi connectivity index (χ2n) is 4.26. The fraction of sp³-hybridized carbons (Fsp3) is 0.455. The van der Waals surface area contributed by atoms with Gasteiger partial charge < -0.3 is 10.2 Å². The first-order chi connectivity index (χ1) is 8.97. The monoisotopic (exact) mass is 284 g/mol. The predicted octanol–water partition coefficient (Wildman–Crippen LogP) is 0.598. The van der Waals surface area contributed by atoms with Crippen molar-refractivity contribution in [3.63, 3.8) is 0 Å². The molecule has 1 saturated heterocycles. The Bertz CT molecular complexity index is 527. The van der Waals surface area contributed by atoms with E-state index < -0.39 is 17.9 Å². The summed E-state index contributed by atoms with van der Waals surface area (Å²) in [5.41, 5.74) is 0.606. The quantitative estimate of drug-likeness (QED) is 0.819. The molecule has 102 valence electrons. The molecule has 2 heterocycles. The van der Waals surface area contributed by atoms with E-state index in [2.05, 4.69) is 4.98 Å². The van der Waals surface area contributed by atoms with Crippen LogP contribution in [0.4, 0.5) is 5.13 Å². The van der Waals surface area contributed by atoms with E-state index in [1.54, 1.807) is 5.38 Å². The highest BCUT2D eigenvalue weighted by Crippen LogP contribution is 2.28. The molecule has 1 fully saturated rings. The molecule has 2 N–H and O–H groups in total. The van der Waals surface area contributed by atoms with Gasteiger partial charge in [-0.15, -0.1) is 11.3 Å². The molecule has 2 rings (SSSR count). The Kier molecular flexibility index (Phi) is 3.79. The van der Waals surface area contributed by atoms with E-state index in [9.17, 15) is 14.4 Å². The zero-order chi connectivity index (χ0) is 14.0. The van der Waals surface area contributed by atoms with Crippen molar-refractivity contribution in [1.82, 2.24) is 4.98 Å². The zero-order valence-electron chi connectivity index (χ0n) is 9.90. The van der Waals surface area contributed by atoms with Crippen LogP contribution in [0.3, 0.4) is 0 Å². The van der Waals surface area contributed by atoms with Crippen LogP contribution in [0.25, 0.3) is 0 Å². The molecule has 1 aliphatic rings. The Morgan fingerprint density at radius 1 is 1.47 bits per heavy atom. The highest BCUT2D eigenvalue weighted by atomic mass is 32.1. The van der Waals surface area contributed by atoms with E-state index in [1.165, 1.54) is 16.2 Å².